The molecule has 78 heavy (non-hydrogen) atoms. The molecule has 0 radical (unpaired) electrons. The fourth-order valence-electron chi connectivity index (χ4n) is 13.3. The van der Waals surface area contributed by atoms with Crippen molar-refractivity contribution in [3.05, 3.63) is 100 Å². The Labute approximate surface area is 468 Å². The number of carbonyl (C=O) groups is 2. The molecule has 10 rings (SSSR count). The van der Waals surface area contributed by atoms with Crippen LogP contribution in [0.2, 0.25) is 0 Å². The van der Waals surface area contributed by atoms with Crippen molar-refractivity contribution in [3.63, 3.8) is 0 Å². The zero-order chi connectivity index (χ0) is 54.9. The van der Waals surface area contributed by atoms with Crippen molar-refractivity contribution < 1.29 is 19.2 Å². The highest BCUT2D eigenvalue weighted by molar-refractivity contribution is 7.13. The van der Waals surface area contributed by atoms with Gasteiger partial charge >= 0.3 is 0 Å². The monoisotopic (exact) mass is 1090 g/mol. The zero-order valence-electron chi connectivity index (χ0n) is 47.2. The number of nitrogens with one attached hydrogen (secondary N) is 3. The van der Waals surface area contributed by atoms with Crippen LogP contribution in [-0.2, 0) is 9.59 Å². The molecule has 2 aromatic carbocycles. The second-order valence-electron chi connectivity index (χ2n) is 24.0. The lowest BCUT2D eigenvalue weighted by Gasteiger charge is -2.56. The Kier molecular flexibility index (Phi) is 19.1. The number of nitrogens with two attached hydrogens (primary N) is 3. The van der Waals surface area contributed by atoms with E-state index in [1.165, 1.54) is 84.1 Å². The van der Waals surface area contributed by atoms with Gasteiger partial charge in [-0.2, -0.15) is 0 Å². The highest BCUT2D eigenvalue weighted by Crippen LogP contribution is 2.52. The molecule has 5 saturated heterocycles. The molecule has 6 fully saturated rings. The van der Waals surface area contributed by atoms with Crippen molar-refractivity contribution in [1.82, 2.24) is 40.8 Å². The van der Waals surface area contributed by atoms with Gasteiger partial charge in [0.15, 0.2) is 11.6 Å². The molecular formula is C61H90N12O4S. The zero-order valence-corrected chi connectivity index (χ0v) is 48.0. The number of hydrogen-bond donors (Lipinski definition) is 7. The van der Waals surface area contributed by atoms with E-state index >= 15 is 0 Å². The van der Waals surface area contributed by atoms with Crippen LogP contribution in [0.15, 0.2) is 82.2 Å². The Bertz CT molecular complexity index is 2650. The van der Waals surface area contributed by atoms with Gasteiger partial charge in [0, 0.05) is 68.7 Å². The summed E-state index contributed by atoms with van der Waals surface area (Å²) in [6, 6.07) is 17.8. The Morgan fingerprint density at radius 3 is 2.33 bits per heavy atom. The summed E-state index contributed by atoms with van der Waals surface area (Å²) in [6.07, 6.45) is 17.6. The number of piperidine rings is 3. The average molecular weight is 1090 g/mol. The number of aryl methyl sites for hydroxylation is 1. The summed E-state index contributed by atoms with van der Waals surface area (Å²) in [6.45, 7) is 21.2. The molecule has 1 spiro atoms. The standard InChI is InChI=1S/C46H67N7O3S.C15H23N5O/c1-6-34-9-7-19-52(29-34)38-26-46(27-38)17-23-50(24-18-46)28-35-15-21-51(22-16-35)41-25-40(56-49-41)42(31(2)3)45(55)53-20-8-10-39(53)44(54)48-32(4)36-11-13-37(14-12-36)43-33(5)47-30-57-43;16-12(11-5-1-2-6-14(11)21)8-13(15(17)18)20-9-10-4-3-7-19-10/h11-14,25,30-32,34-35,38-39,42H,6-10,15-24,26-29H2,1-5H3,(H,48,54);1-2,5-6,8,10,19-21H,3-4,7,9,16-18H2/b;12-8-. The highest BCUT2D eigenvalue weighted by Gasteiger charge is 2.48. The quantitative estimate of drug-likeness (QED) is 0.0494. The number of para-hydroxylation sites is 1. The fraction of sp³-hybridized carbons (Fsp3) is 0.607. The minimum atomic E-state index is -0.494. The topological polar surface area (TPSA) is 220 Å². The summed E-state index contributed by atoms with van der Waals surface area (Å²) >= 11 is 1.63. The second kappa shape index (κ2) is 26.1. The van der Waals surface area contributed by atoms with Gasteiger partial charge in [-0.15, -0.1) is 11.3 Å². The molecule has 2 aromatic heterocycles. The molecule has 5 unspecified atom stereocenters. The van der Waals surface area contributed by atoms with E-state index < -0.39 is 12.0 Å². The van der Waals surface area contributed by atoms with Gasteiger partial charge in [-0.05, 0) is 170 Å². The first-order valence-electron chi connectivity index (χ1n) is 29.4. The Balaban J connectivity index is 0.000000295. The second-order valence-corrected chi connectivity index (χ2v) is 24.8. The van der Waals surface area contributed by atoms with E-state index in [4.69, 9.17) is 21.7 Å². The first kappa shape index (κ1) is 57.1. The van der Waals surface area contributed by atoms with Gasteiger partial charge in [-0.25, -0.2) is 4.98 Å². The lowest BCUT2D eigenvalue weighted by Crippen LogP contribution is -2.57. The van der Waals surface area contributed by atoms with Crippen LogP contribution < -0.4 is 38.1 Å². The smallest absolute Gasteiger partial charge is 0.243 e. The molecule has 424 valence electrons. The molecule has 5 atom stereocenters. The molecule has 1 saturated carbocycles. The summed E-state index contributed by atoms with van der Waals surface area (Å²) in [5, 5.41) is 24.1. The first-order valence-corrected chi connectivity index (χ1v) is 30.3. The van der Waals surface area contributed by atoms with Crippen LogP contribution >= 0.6 is 11.3 Å². The summed E-state index contributed by atoms with van der Waals surface area (Å²) in [5.74, 6) is 2.75. The van der Waals surface area contributed by atoms with Crippen molar-refractivity contribution in [3.8, 4) is 16.2 Å². The highest BCUT2D eigenvalue weighted by atomic mass is 32.1. The van der Waals surface area contributed by atoms with Crippen LogP contribution in [0, 0.1) is 30.1 Å². The minimum Gasteiger partial charge on any atom is -0.507 e. The third kappa shape index (κ3) is 13.9. The van der Waals surface area contributed by atoms with Crippen LogP contribution in [0.25, 0.3) is 16.1 Å². The third-order valence-corrected chi connectivity index (χ3v) is 19.2. The number of hydrogen-bond acceptors (Lipinski definition) is 15. The van der Waals surface area contributed by atoms with Crippen LogP contribution in [0.1, 0.15) is 146 Å². The van der Waals surface area contributed by atoms with E-state index in [-0.39, 0.29) is 35.3 Å². The maximum absolute atomic E-state index is 14.3. The maximum Gasteiger partial charge on any atom is 0.243 e. The number of phenolic OH excluding ortho intramolecular Hbond substituents is 1. The lowest BCUT2D eigenvalue weighted by atomic mass is 9.59. The number of benzene rings is 2. The lowest BCUT2D eigenvalue weighted by molar-refractivity contribution is -0.141. The van der Waals surface area contributed by atoms with Crippen molar-refractivity contribution in [1.29, 1.82) is 0 Å². The SMILES string of the molecule is CCC1CCCN(C2CC3(CCN(CC4CCN(c5cc(C(C(=O)N6CCCC6C(=O)NC(C)c6ccc(-c7scnc7C)cc6)C(C)C)on5)CC4)CC3)C2)C1.NC(N)=C(/C=C(\N)c1ccccc1O)NCC1CCCN1. The molecule has 16 nitrogen and oxygen atoms in total. The van der Waals surface area contributed by atoms with Crippen LogP contribution in [0.4, 0.5) is 5.82 Å². The van der Waals surface area contributed by atoms with Crippen molar-refractivity contribution in [2.45, 2.75) is 148 Å². The van der Waals surface area contributed by atoms with E-state index in [2.05, 4.69) is 85.8 Å². The number of phenols is 1. The van der Waals surface area contributed by atoms with E-state index in [0.717, 1.165) is 91.3 Å². The van der Waals surface area contributed by atoms with Gasteiger partial charge in [0.1, 0.15) is 23.5 Å². The van der Waals surface area contributed by atoms with Gasteiger partial charge in [-0.1, -0.05) is 68.7 Å². The van der Waals surface area contributed by atoms with E-state index in [9.17, 15) is 14.7 Å². The van der Waals surface area contributed by atoms with Crippen molar-refractivity contribution >= 4 is 34.7 Å². The molecule has 1 aliphatic carbocycles. The number of amides is 2. The third-order valence-electron chi connectivity index (χ3n) is 18.3. The molecule has 6 aliphatic rings. The maximum atomic E-state index is 14.3. The molecule has 5 aliphatic heterocycles. The molecule has 7 heterocycles. The predicted octanol–water partition coefficient (Wildman–Crippen LogP) is 8.42. The molecule has 17 heteroatoms. The van der Waals surface area contributed by atoms with Gasteiger partial charge in [-0.3, -0.25) is 9.59 Å². The van der Waals surface area contributed by atoms with Crippen LogP contribution in [0.3, 0.4) is 0 Å². The summed E-state index contributed by atoms with van der Waals surface area (Å²) in [5.41, 5.74) is 24.6. The fourth-order valence-corrected chi connectivity index (χ4v) is 14.1. The summed E-state index contributed by atoms with van der Waals surface area (Å²) in [4.78, 5) is 43.2. The molecule has 2 amide bonds. The summed E-state index contributed by atoms with van der Waals surface area (Å²) < 4.78 is 5.97. The Morgan fingerprint density at radius 2 is 1.67 bits per heavy atom. The van der Waals surface area contributed by atoms with E-state index in [1.807, 2.05) is 25.4 Å². The van der Waals surface area contributed by atoms with Crippen LogP contribution in [-0.4, -0.2) is 125 Å². The molecular weight excluding hydrogens is 997 g/mol. The van der Waals surface area contributed by atoms with Gasteiger partial charge < -0.3 is 62.4 Å². The number of carbonyl (C=O) groups excluding carboxylic acids is 2. The molecule has 10 N–H and O–H groups in total. The van der Waals surface area contributed by atoms with E-state index in [1.54, 1.807) is 46.6 Å². The van der Waals surface area contributed by atoms with Crippen molar-refractivity contribution in [2.75, 3.05) is 70.3 Å². The normalized spacial score (nSPS) is 23.2. The predicted molar refractivity (Wildman–Crippen MR) is 313 cm³/mol. The molecule has 4 aromatic rings. The van der Waals surface area contributed by atoms with Crippen molar-refractivity contribution in [2.24, 2.45) is 40.4 Å². The van der Waals surface area contributed by atoms with E-state index in [0.29, 0.717) is 53.1 Å². The summed E-state index contributed by atoms with van der Waals surface area (Å²) in [7, 11) is 0. The van der Waals surface area contributed by atoms with Gasteiger partial charge in [0.2, 0.25) is 11.8 Å². The number of nitrogens with zero attached hydrogens (tertiary/aromatic N) is 6. The first-order chi connectivity index (χ1) is 37.7. The largest absolute Gasteiger partial charge is 0.507 e. The van der Waals surface area contributed by atoms with Gasteiger partial charge in [0.05, 0.1) is 27.8 Å². The van der Waals surface area contributed by atoms with Gasteiger partial charge in [0.25, 0.3) is 0 Å². The number of aromatic nitrogens is 2. The van der Waals surface area contributed by atoms with Crippen LogP contribution in [0.5, 0.6) is 5.75 Å². The number of rotatable bonds is 17. The number of aromatic hydroxyl groups is 1. The number of allylic oxidation sites excluding steroid dienone is 1. The Hall–Kier alpha value is -5.62. The average Bonchev–Trinajstić information content (AvgIpc) is 4.40. The Morgan fingerprint density at radius 1 is 0.923 bits per heavy atom. The number of likely N-dealkylation sites (tertiary alicyclic amines) is 3. The minimum absolute atomic E-state index is 0.000606. The molecule has 0 bridgehead atoms. The number of anilines is 1. The number of thiazole rings is 1.